The molecule has 0 saturated carbocycles. The van der Waals surface area contributed by atoms with E-state index in [1.54, 1.807) is 11.3 Å². The van der Waals surface area contributed by atoms with Crippen LogP contribution in [0.2, 0.25) is 0 Å². The topological polar surface area (TPSA) is 26.0 Å². The van der Waals surface area contributed by atoms with Gasteiger partial charge in [0.25, 0.3) is 0 Å². The van der Waals surface area contributed by atoms with Crippen molar-refractivity contribution in [3.63, 3.8) is 0 Å². The van der Waals surface area contributed by atoms with Gasteiger partial charge in [-0.25, -0.2) is 0 Å². The predicted octanol–water partition coefficient (Wildman–Crippen LogP) is 3.87. The van der Waals surface area contributed by atoms with E-state index >= 15 is 0 Å². The molecule has 1 nitrogen and oxygen atoms in total. The summed E-state index contributed by atoms with van der Waals surface area (Å²) in [4.78, 5) is 1.20. The Bertz CT molecular complexity index is 451. The predicted molar refractivity (Wildman–Crippen MR) is 69.2 cm³/mol. The number of thiophene rings is 1. The number of hydrogen-bond acceptors (Lipinski definition) is 2. The molecule has 1 heterocycles. The Morgan fingerprint density at radius 2 is 2.13 bits per heavy atom. The van der Waals surface area contributed by atoms with Gasteiger partial charge in [-0.1, -0.05) is 34.1 Å². The van der Waals surface area contributed by atoms with Gasteiger partial charge < -0.3 is 5.73 Å². The van der Waals surface area contributed by atoms with Crippen molar-refractivity contribution < 1.29 is 0 Å². The highest BCUT2D eigenvalue weighted by molar-refractivity contribution is 9.10. The molecule has 0 bridgehead atoms. The molecule has 0 aliphatic rings. The van der Waals surface area contributed by atoms with E-state index in [1.807, 2.05) is 6.07 Å². The summed E-state index contributed by atoms with van der Waals surface area (Å²) in [6.07, 6.45) is 0. The van der Waals surface area contributed by atoms with Crippen LogP contribution in [-0.4, -0.2) is 0 Å². The van der Waals surface area contributed by atoms with E-state index in [0.717, 1.165) is 10.0 Å². The first-order chi connectivity index (χ1) is 7.18. The molecular weight excluding hydrogens is 270 g/mol. The monoisotopic (exact) mass is 281 g/mol. The van der Waals surface area contributed by atoms with Crippen LogP contribution in [0.4, 0.5) is 0 Å². The quantitative estimate of drug-likeness (QED) is 0.889. The van der Waals surface area contributed by atoms with Crippen LogP contribution >= 0.6 is 27.3 Å². The number of aryl methyl sites for hydroxylation is 1. The second kappa shape index (κ2) is 4.47. The molecule has 0 radical (unpaired) electrons. The highest BCUT2D eigenvalue weighted by Crippen LogP contribution is 2.27. The molecule has 1 unspecified atom stereocenters. The fraction of sp³-hybridized carbons (Fsp3) is 0.167. The Balaban J connectivity index is 2.34. The van der Waals surface area contributed by atoms with Gasteiger partial charge in [-0.05, 0) is 35.6 Å². The average molecular weight is 282 g/mol. The summed E-state index contributed by atoms with van der Waals surface area (Å²) in [5.74, 6) is 0. The fourth-order valence-corrected chi connectivity index (χ4v) is 2.59. The van der Waals surface area contributed by atoms with Gasteiger partial charge in [0.05, 0.1) is 6.04 Å². The molecule has 78 valence electrons. The molecule has 2 rings (SSSR count). The van der Waals surface area contributed by atoms with Crippen LogP contribution in [0.15, 0.2) is 40.2 Å². The second-order valence-corrected chi connectivity index (χ2v) is 5.34. The summed E-state index contributed by atoms with van der Waals surface area (Å²) in [7, 11) is 0. The molecular formula is C12H12BrNS. The van der Waals surface area contributed by atoms with Crippen molar-refractivity contribution >= 4 is 27.3 Å². The molecule has 2 aromatic rings. The van der Waals surface area contributed by atoms with Crippen LogP contribution < -0.4 is 5.73 Å². The Morgan fingerprint density at radius 3 is 2.73 bits per heavy atom. The van der Waals surface area contributed by atoms with E-state index in [-0.39, 0.29) is 6.04 Å². The first-order valence-corrected chi connectivity index (χ1v) is 6.41. The lowest BCUT2D eigenvalue weighted by Crippen LogP contribution is -2.10. The summed E-state index contributed by atoms with van der Waals surface area (Å²) in [6.45, 7) is 2.07. The molecule has 0 spiro atoms. The van der Waals surface area contributed by atoms with Gasteiger partial charge in [-0.15, -0.1) is 11.3 Å². The first kappa shape index (κ1) is 10.9. The maximum Gasteiger partial charge on any atom is 0.0646 e. The summed E-state index contributed by atoms with van der Waals surface area (Å²) in [6, 6.07) is 10.4. The zero-order valence-electron chi connectivity index (χ0n) is 8.41. The van der Waals surface area contributed by atoms with Gasteiger partial charge in [0.1, 0.15) is 0 Å². The van der Waals surface area contributed by atoms with E-state index in [9.17, 15) is 0 Å². The van der Waals surface area contributed by atoms with Crippen LogP contribution in [0, 0.1) is 6.92 Å². The molecule has 0 amide bonds. The van der Waals surface area contributed by atoms with Crippen LogP contribution in [-0.2, 0) is 0 Å². The van der Waals surface area contributed by atoms with Gasteiger partial charge in [0, 0.05) is 9.35 Å². The fourth-order valence-electron chi connectivity index (χ4n) is 1.44. The lowest BCUT2D eigenvalue weighted by Gasteiger charge is -2.11. The second-order valence-electron chi connectivity index (χ2n) is 3.50. The smallest absolute Gasteiger partial charge is 0.0646 e. The molecule has 3 heteroatoms. The zero-order chi connectivity index (χ0) is 10.8. The molecule has 1 aromatic heterocycles. The van der Waals surface area contributed by atoms with Crippen molar-refractivity contribution in [3.8, 4) is 0 Å². The summed E-state index contributed by atoms with van der Waals surface area (Å²) < 4.78 is 1.12. The Hall–Kier alpha value is -0.640. The third-order valence-electron chi connectivity index (χ3n) is 2.40. The van der Waals surface area contributed by atoms with Gasteiger partial charge in [-0.3, -0.25) is 0 Å². The lowest BCUT2D eigenvalue weighted by atomic mass is 10.0. The molecule has 2 N–H and O–H groups in total. The number of benzene rings is 1. The van der Waals surface area contributed by atoms with Crippen molar-refractivity contribution in [2.45, 2.75) is 13.0 Å². The summed E-state index contributed by atoms with van der Waals surface area (Å²) in [5.41, 5.74) is 8.55. The summed E-state index contributed by atoms with van der Waals surface area (Å²) >= 11 is 5.22. The SMILES string of the molecule is Cc1ccc(C(N)c2cccs2)cc1Br. The molecule has 0 aliphatic carbocycles. The van der Waals surface area contributed by atoms with E-state index < -0.39 is 0 Å². The average Bonchev–Trinajstić information content (AvgIpc) is 2.74. The number of halogens is 1. The minimum atomic E-state index is -0.0121. The first-order valence-electron chi connectivity index (χ1n) is 4.73. The van der Waals surface area contributed by atoms with Gasteiger partial charge in [0.15, 0.2) is 0 Å². The number of nitrogens with two attached hydrogens (primary N) is 1. The Kier molecular flexibility index (Phi) is 3.24. The van der Waals surface area contributed by atoms with E-state index in [2.05, 4.69) is 52.5 Å². The van der Waals surface area contributed by atoms with E-state index in [4.69, 9.17) is 5.73 Å². The minimum Gasteiger partial charge on any atom is -0.320 e. The molecule has 1 atom stereocenters. The molecule has 1 aromatic carbocycles. The van der Waals surface area contributed by atoms with Gasteiger partial charge in [0.2, 0.25) is 0 Å². The Labute approximate surface area is 102 Å². The summed E-state index contributed by atoms with van der Waals surface area (Å²) in [5, 5.41) is 2.05. The Morgan fingerprint density at radius 1 is 1.33 bits per heavy atom. The molecule has 0 fully saturated rings. The van der Waals surface area contributed by atoms with Gasteiger partial charge in [-0.2, -0.15) is 0 Å². The highest BCUT2D eigenvalue weighted by Gasteiger charge is 2.10. The van der Waals surface area contributed by atoms with Crippen molar-refractivity contribution in [1.29, 1.82) is 0 Å². The highest BCUT2D eigenvalue weighted by atomic mass is 79.9. The van der Waals surface area contributed by atoms with Crippen molar-refractivity contribution in [2.75, 3.05) is 0 Å². The lowest BCUT2D eigenvalue weighted by molar-refractivity contribution is 0.891. The standard InChI is InChI=1S/C12H12BrNS/c1-8-4-5-9(7-10(8)13)12(14)11-3-2-6-15-11/h2-7,12H,14H2,1H3. The zero-order valence-corrected chi connectivity index (χ0v) is 10.8. The van der Waals surface area contributed by atoms with Crippen LogP contribution in [0.5, 0.6) is 0 Å². The third kappa shape index (κ3) is 2.30. The number of rotatable bonds is 2. The number of hydrogen-bond donors (Lipinski definition) is 1. The normalized spacial score (nSPS) is 12.7. The minimum absolute atomic E-state index is 0.0121. The molecule has 0 aliphatic heterocycles. The van der Waals surface area contributed by atoms with E-state index in [0.29, 0.717) is 0 Å². The van der Waals surface area contributed by atoms with E-state index in [1.165, 1.54) is 10.4 Å². The maximum absolute atomic E-state index is 6.17. The third-order valence-corrected chi connectivity index (χ3v) is 4.21. The van der Waals surface area contributed by atoms with Crippen LogP contribution in [0.1, 0.15) is 22.0 Å². The van der Waals surface area contributed by atoms with Crippen molar-refractivity contribution in [1.82, 2.24) is 0 Å². The van der Waals surface area contributed by atoms with Gasteiger partial charge >= 0.3 is 0 Å². The van der Waals surface area contributed by atoms with Crippen molar-refractivity contribution in [2.24, 2.45) is 5.73 Å². The maximum atomic E-state index is 6.17. The molecule has 15 heavy (non-hydrogen) atoms. The van der Waals surface area contributed by atoms with Crippen molar-refractivity contribution in [3.05, 3.63) is 56.2 Å². The molecule has 0 saturated heterocycles. The van der Waals surface area contributed by atoms with Crippen LogP contribution in [0.25, 0.3) is 0 Å². The van der Waals surface area contributed by atoms with Crippen LogP contribution in [0.3, 0.4) is 0 Å². The largest absolute Gasteiger partial charge is 0.320 e.